The Balaban J connectivity index is 4.89. The Morgan fingerprint density at radius 1 is 0.862 bits per heavy atom. The second-order valence-corrected chi connectivity index (χ2v) is 7.97. The summed E-state index contributed by atoms with van der Waals surface area (Å²) in [7, 11) is 0. The molecule has 0 bridgehead atoms. The zero-order valence-corrected chi connectivity index (χ0v) is 18.8. The number of carbonyl (C=O) groups is 3. The minimum atomic E-state index is -0.665. The van der Waals surface area contributed by atoms with E-state index in [4.69, 9.17) is 19.9 Å². The Kier molecular flexibility index (Phi) is 14.8. The van der Waals surface area contributed by atoms with Gasteiger partial charge in [-0.2, -0.15) is 0 Å². The van der Waals surface area contributed by atoms with Gasteiger partial charge >= 0.3 is 0 Å². The van der Waals surface area contributed by atoms with Gasteiger partial charge in [0.2, 0.25) is 5.91 Å². The third-order valence-electron chi connectivity index (χ3n) is 4.28. The van der Waals surface area contributed by atoms with Crippen molar-refractivity contribution in [3.05, 3.63) is 0 Å². The average Bonchev–Trinajstić information content (AvgIpc) is 2.64. The third kappa shape index (κ3) is 14.3. The van der Waals surface area contributed by atoms with Crippen LogP contribution in [0.5, 0.6) is 0 Å². The van der Waals surface area contributed by atoms with Gasteiger partial charge in [0.1, 0.15) is 11.6 Å². The number of rotatable bonds is 19. The molecule has 1 unspecified atom stereocenters. The topological polar surface area (TPSA) is 117 Å². The van der Waals surface area contributed by atoms with Crippen molar-refractivity contribution in [2.24, 2.45) is 11.7 Å². The first kappa shape index (κ1) is 27.6. The molecule has 0 rings (SSSR count). The highest BCUT2D eigenvalue weighted by Crippen LogP contribution is 2.12. The van der Waals surface area contributed by atoms with E-state index in [-0.39, 0.29) is 56.4 Å². The SMILES string of the molecule is CCC(=O)CCOCC(COCCC(N)=O)(COCCC(=O)C(C)C)NC(C)C. The lowest BCUT2D eigenvalue weighted by Crippen LogP contribution is -2.59. The van der Waals surface area contributed by atoms with Crippen LogP contribution in [0.4, 0.5) is 0 Å². The molecule has 0 aromatic carbocycles. The summed E-state index contributed by atoms with van der Waals surface area (Å²) in [5.41, 5.74) is 4.50. The average molecular weight is 417 g/mol. The van der Waals surface area contributed by atoms with Crippen LogP contribution < -0.4 is 11.1 Å². The van der Waals surface area contributed by atoms with E-state index in [9.17, 15) is 14.4 Å². The summed E-state index contributed by atoms with van der Waals surface area (Å²) in [6, 6.07) is 0.122. The fourth-order valence-electron chi connectivity index (χ4n) is 2.66. The Hall–Kier alpha value is -1.35. The molecule has 0 aliphatic rings. The first-order chi connectivity index (χ1) is 13.6. The van der Waals surface area contributed by atoms with Crippen molar-refractivity contribution >= 4 is 17.5 Å². The molecule has 0 saturated heterocycles. The molecule has 0 heterocycles. The molecule has 0 fully saturated rings. The van der Waals surface area contributed by atoms with Gasteiger partial charge in [-0.25, -0.2) is 0 Å². The number of hydrogen-bond acceptors (Lipinski definition) is 7. The quantitative estimate of drug-likeness (QED) is 0.307. The van der Waals surface area contributed by atoms with Gasteiger partial charge in [0.05, 0.1) is 45.2 Å². The Labute approximate surface area is 175 Å². The molecule has 0 spiro atoms. The lowest BCUT2D eigenvalue weighted by Gasteiger charge is -2.36. The van der Waals surface area contributed by atoms with Crippen LogP contribution in [0.2, 0.25) is 0 Å². The Morgan fingerprint density at radius 3 is 1.76 bits per heavy atom. The minimum Gasteiger partial charge on any atom is -0.379 e. The molecule has 1 amide bonds. The van der Waals surface area contributed by atoms with Gasteiger partial charge in [-0.1, -0.05) is 34.6 Å². The second-order valence-electron chi connectivity index (χ2n) is 7.97. The number of nitrogens with one attached hydrogen (secondary N) is 1. The maximum atomic E-state index is 11.8. The minimum absolute atomic E-state index is 0.0197. The van der Waals surface area contributed by atoms with Crippen LogP contribution >= 0.6 is 0 Å². The van der Waals surface area contributed by atoms with Crippen molar-refractivity contribution in [2.75, 3.05) is 39.6 Å². The molecule has 0 aromatic rings. The zero-order chi connectivity index (χ0) is 22.3. The lowest BCUT2D eigenvalue weighted by molar-refractivity contribution is -0.123. The molecule has 29 heavy (non-hydrogen) atoms. The molecular weight excluding hydrogens is 376 g/mol. The molecule has 8 heteroatoms. The number of ether oxygens (including phenoxy) is 3. The van der Waals surface area contributed by atoms with E-state index in [1.807, 2.05) is 34.6 Å². The summed E-state index contributed by atoms with van der Waals surface area (Å²) in [5.74, 6) is -0.146. The first-order valence-corrected chi connectivity index (χ1v) is 10.5. The van der Waals surface area contributed by atoms with Gasteiger partial charge in [-0.05, 0) is 0 Å². The number of amides is 1. The van der Waals surface area contributed by atoms with Gasteiger partial charge in [0.25, 0.3) is 0 Å². The summed E-state index contributed by atoms with van der Waals surface area (Å²) in [4.78, 5) is 34.2. The maximum Gasteiger partial charge on any atom is 0.219 e. The van der Waals surface area contributed by atoms with Gasteiger partial charge in [0, 0.05) is 37.6 Å². The van der Waals surface area contributed by atoms with Crippen LogP contribution in [0.25, 0.3) is 0 Å². The van der Waals surface area contributed by atoms with Crippen molar-refractivity contribution in [1.82, 2.24) is 5.32 Å². The van der Waals surface area contributed by atoms with E-state index < -0.39 is 11.4 Å². The van der Waals surface area contributed by atoms with Crippen LogP contribution in [-0.4, -0.2) is 68.7 Å². The fraction of sp³-hybridized carbons (Fsp3) is 0.857. The summed E-state index contributed by atoms with van der Waals surface area (Å²) < 4.78 is 17.2. The van der Waals surface area contributed by atoms with Gasteiger partial charge in [-0.15, -0.1) is 0 Å². The van der Waals surface area contributed by atoms with E-state index in [2.05, 4.69) is 5.32 Å². The van der Waals surface area contributed by atoms with Crippen molar-refractivity contribution in [3.8, 4) is 0 Å². The van der Waals surface area contributed by atoms with Crippen LogP contribution in [-0.2, 0) is 28.6 Å². The summed E-state index contributed by atoms with van der Waals surface area (Å²) in [6.45, 7) is 11.2. The molecule has 0 radical (unpaired) electrons. The lowest BCUT2D eigenvalue weighted by atomic mass is 10.0. The summed E-state index contributed by atoms with van der Waals surface area (Å²) >= 11 is 0. The normalized spacial score (nSPS) is 13.6. The summed E-state index contributed by atoms with van der Waals surface area (Å²) in [5, 5.41) is 3.43. The van der Waals surface area contributed by atoms with Crippen LogP contribution in [0.1, 0.15) is 60.3 Å². The molecular formula is C21H40N2O6. The van der Waals surface area contributed by atoms with Crippen molar-refractivity contribution in [2.45, 2.75) is 71.9 Å². The summed E-state index contributed by atoms with van der Waals surface area (Å²) in [6.07, 6.45) is 1.33. The largest absolute Gasteiger partial charge is 0.379 e. The fourth-order valence-corrected chi connectivity index (χ4v) is 2.66. The second kappa shape index (κ2) is 15.5. The van der Waals surface area contributed by atoms with Gasteiger partial charge < -0.3 is 25.3 Å². The van der Waals surface area contributed by atoms with Crippen LogP contribution in [0.3, 0.4) is 0 Å². The van der Waals surface area contributed by atoms with Crippen molar-refractivity contribution < 1.29 is 28.6 Å². The molecule has 8 nitrogen and oxygen atoms in total. The van der Waals surface area contributed by atoms with Crippen molar-refractivity contribution in [3.63, 3.8) is 0 Å². The van der Waals surface area contributed by atoms with E-state index in [1.165, 1.54) is 0 Å². The highest BCUT2D eigenvalue weighted by Gasteiger charge is 2.32. The number of ketones is 2. The molecule has 170 valence electrons. The van der Waals surface area contributed by atoms with E-state index in [0.717, 1.165) is 0 Å². The zero-order valence-electron chi connectivity index (χ0n) is 18.8. The number of hydrogen-bond donors (Lipinski definition) is 2. The van der Waals surface area contributed by atoms with E-state index >= 15 is 0 Å². The molecule has 0 saturated carbocycles. The highest BCUT2D eigenvalue weighted by molar-refractivity contribution is 5.80. The highest BCUT2D eigenvalue weighted by atomic mass is 16.5. The monoisotopic (exact) mass is 416 g/mol. The molecule has 1 atom stereocenters. The Morgan fingerprint density at radius 2 is 1.34 bits per heavy atom. The molecule has 0 aromatic heterocycles. The number of nitrogens with two attached hydrogens (primary N) is 1. The molecule has 0 aliphatic carbocycles. The number of carbonyl (C=O) groups excluding carboxylic acids is 3. The van der Waals surface area contributed by atoms with Crippen LogP contribution in [0.15, 0.2) is 0 Å². The molecule has 3 N–H and O–H groups in total. The standard InChI is InChI=1S/C21H40N2O6/c1-6-18(24)7-10-27-13-21(23-17(4)5,15-29-12-9-20(22)26)14-28-11-8-19(25)16(2)3/h16-17,23H,6-15H2,1-5H3,(H2,22,26). The van der Waals surface area contributed by atoms with E-state index in [1.54, 1.807) is 0 Å². The maximum absolute atomic E-state index is 11.8. The predicted octanol–water partition coefficient (Wildman–Crippen LogP) is 1.63. The van der Waals surface area contributed by atoms with Crippen molar-refractivity contribution in [1.29, 1.82) is 0 Å². The third-order valence-corrected chi connectivity index (χ3v) is 4.28. The first-order valence-electron chi connectivity index (χ1n) is 10.5. The van der Waals surface area contributed by atoms with Gasteiger partial charge in [-0.3, -0.25) is 14.4 Å². The van der Waals surface area contributed by atoms with Gasteiger partial charge in [0.15, 0.2) is 0 Å². The van der Waals surface area contributed by atoms with Crippen LogP contribution in [0, 0.1) is 5.92 Å². The smallest absolute Gasteiger partial charge is 0.219 e. The predicted molar refractivity (Wildman–Crippen MR) is 112 cm³/mol. The Bertz CT molecular complexity index is 496. The molecule has 0 aliphatic heterocycles. The number of Topliss-reactive ketones (excluding diaryl/α,β-unsaturated/α-hetero) is 2. The van der Waals surface area contributed by atoms with E-state index in [0.29, 0.717) is 32.5 Å². The number of primary amides is 1.